The summed E-state index contributed by atoms with van der Waals surface area (Å²) >= 11 is 0. The molecule has 0 aromatic carbocycles. The highest BCUT2D eigenvalue weighted by atomic mass is 16.4. The Hall–Kier alpha value is -1.76. The number of hydrogen-bond donors (Lipinski definition) is 1. The van der Waals surface area contributed by atoms with Crippen LogP contribution in [0.2, 0.25) is 0 Å². The van der Waals surface area contributed by atoms with Gasteiger partial charge in [-0.05, 0) is 6.42 Å². The summed E-state index contributed by atoms with van der Waals surface area (Å²) in [5, 5.41) is 12.4. The normalized spacial score (nSPS) is 9.21. The Balaban J connectivity index is 2.60. The summed E-state index contributed by atoms with van der Waals surface area (Å²) in [5.41, 5.74) is 0.642. The van der Waals surface area contributed by atoms with Crippen LogP contribution in [0.3, 0.4) is 0 Å². The Morgan fingerprint density at radius 3 is 3.14 bits per heavy atom. The predicted molar refractivity (Wildman–Crippen MR) is 51.6 cm³/mol. The molecule has 0 aliphatic heterocycles. The highest BCUT2D eigenvalue weighted by Crippen LogP contribution is 1.97. The summed E-state index contributed by atoms with van der Waals surface area (Å²) in [7, 11) is 0. The summed E-state index contributed by atoms with van der Waals surface area (Å²) < 4.78 is 1.77. The average Bonchev–Trinajstić information content (AvgIpc) is 2.59. The van der Waals surface area contributed by atoms with Crippen molar-refractivity contribution in [2.75, 3.05) is 0 Å². The number of carbonyl (C=O) groups is 1. The van der Waals surface area contributed by atoms with Gasteiger partial charge >= 0.3 is 5.97 Å². The number of carboxylic acid groups (broad SMARTS) is 1. The lowest BCUT2D eigenvalue weighted by molar-refractivity contribution is -0.130. The molecule has 1 heterocycles. The first-order valence-electron chi connectivity index (χ1n) is 4.49. The molecular weight excluding hydrogens is 180 g/mol. The fourth-order valence-corrected chi connectivity index (χ4v) is 0.996. The Morgan fingerprint density at radius 1 is 1.71 bits per heavy atom. The molecule has 1 N–H and O–H groups in total. The summed E-state index contributed by atoms with van der Waals surface area (Å²) in [6.07, 6.45) is 5.50. The second-order valence-corrected chi connectivity index (χ2v) is 2.90. The van der Waals surface area contributed by atoms with Gasteiger partial charge in [0, 0.05) is 18.7 Å². The molecule has 0 spiro atoms. The van der Waals surface area contributed by atoms with Crippen molar-refractivity contribution in [2.45, 2.75) is 26.3 Å². The molecule has 0 atom stereocenters. The van der Waals surface area contributed by atoms with E-state index in [2.05, 4.69) is 17.9 Å². The molecule has 1 aromatic heterocycles. The zero-order valence-corrected chi connectivity index (χ0v) is 8.03. The molecule has 0 fully saturated rings. The van der Waals surface area contributed by atoms with Crippen LogP contribution in [0, 0.1) is 11.8 Å². The van der Waals surface area contributed by atoms with Gasteiger partial charge in [-0.3, -0.25) is 4.68 Å². The molecule has 1 aromatic rings. The van der Waals surface area contributed by atoms with Gasteiger partial charge in [-0.2, -0.15) is 5.10 Å². The first kappa shape index (κ1) is 10.3. The third-order valence-electron chi connectivity index (χ3n) is 1.69. The summed E-state index contributed by atoms with van der Waals surface area (Å²) in [5.74, 6) is 3.43. The number of nitrogens with zero attached hydrogens (tertiary/aromatic N) is 2. The summed E-state index contributed by atoms with van der Waals surface area (Å²) in [4.78, 5) is 10.2. The lowest BCUT2D eigenvalue weighted by Gasteiger charge is -1.96. The monoisotopic (exact) mass is 192 g/mol. The highest BCUT2D eigenvalue weighted by molar-refractivity contribution is 5.87. The average molecular weight is 192 g/mol. The first-order valence-corrected chi connectivity index (χ1v) is 4.49. The van der Waals surface area contributed by atoms with E-state index in [4.69, 9.17) is 5.11 Å². The van der Waals surface area contributed by atoms with Crippen molar-refractivity contribution >= 4 is 5.97 Å². The van der Waals surface area contributed by atoms with E-state index in [1.165, 1.54) is 0 Å². The van der Waals surface area contributed by atoms with Crippen LogP contribution < -0.4 is 0 Å². The van der Waals surface area contributed by atoms with Gasteiger partial charge in [-0.25, -0.2) is 4.79 Å². The molecule has 0 saturated heterocycles. The minimum Gasteiger partial charge on any atom is -0.472 e. The zero-order chi connectivity index (χ0) is 10.4. The maximum atomic E-state index is 10.2. The van der Waals surface area contributed by atoms with Crippen LogP contribution in [0.15, 0.2) is 12.4 Å². The third kappa shape index (κ3) is 3.31. The minimum absolute atomic E-state index is 0.642. The standard InChI is InChI=1S/C10H12N2O2/c1-2-3-6-12-8-9(7-11-12)4-5-10(13)14/h7-8H,2-3,6H2,1H3,(H,13,14). The van der Waals surface area contributed by atoms with Crippen LogP contribution >= 0.6 is 0 Å². The largest absolute Gasteiger partial charge is 0.472 e. The van der Waals surface area contributed by atoms with Crippen LogP contribution in [0.4, 0.5) is 0 Å². The Bertz CT molecular complexity index is 371. The SMILES string of the molecule is CCCCn1cc(C#CC(=O)O)cn1. The number of hydrogen-bond acceptors (Lipinski definition) is 2. The zero-order valence-electron chi connectivity index (χ0n) is 8.03. The highest BCUT2D eigenvalue weighted by Gasteiger charge is 1.94. The Kier molecular flexibility index (Phi) is 3.74. The van der Waals surface area contributed by atoms with E-state index < -0.39 is 5.97 Å². The van der Waals surface area contributed by atoms with Crippen LogP contribution in [0.1, 0.15) is 25.3 Å². The van der Waals surface area contributed by atoms with Gasteiger partial charge in [0.2, 0.25) is 0 Å². The summed E-state index contributed by atoms with van der Waals surface area (Å²) in [6, 6.07) is 0. The molecule has 4 heteroatoms. The van der Waals surface area contributed by atoms with Gasteiger partial charge < -0.3 is 5.11 Å². The van der Waals surface area contributed by atoms with Crippen molar-refractivity contribution in [2.24, 2.45) is 0 Å². The second-order valence-electron chi connectivity index (χ2n) is 2.90. The lowest BCUT2D eigenvalue weighted by atomic mass is 10.3. The fraction of sp³-hybridized carbons (Fsp3) is 0.400. The molecular formula is C10H12N2O2. The topological polar surface area (TPSA) is 55.1 Å². The molecule has 0 radical (unpaired) electrons. The maximum absolute atomic E-state index is 10.2. The number of aryl methyl sites for hydroxylation is 1. The molecule has 74 valence electrons. The Labute approximate surface area is 82.5 Å². The van der Waals surface area contributed by atoms with Gasteiger partial charge in [-0.1, -0.05) is 19.3 Å². The van der Waals surface area contributed by atoms with E-state index in [9.17, 15) is 4.79 Å². The van der Waals surface area contributed by atoms with Crippen LogP contribution in [-0.2, 0) is 11.3 Å². The quantitative estimate of drug-likeness (QED) is 0.730. The number of rotatable bonds is 3. The number of unbranched alkanes of at least 4 members (excludes halogenated alkanes) is 1. The van der Waals surface area contributed by atoms with Crippen LogP contribution in [0.25, 0.3) is 0 Å². The molecule has 4 nitrogen and oxygen atoms in total. The van der Waals surface area contributed by atoms with Crippen molar-refractivity contribution in [3.63, 3.8) is 0 Å². The smallest absolute Gasteiger partial charge is 0.382 e. The molecule has 1 rings (SSSR count). The number of carboxylic acids is 1. The van der Waals surface area contributed by atoms with Crippen LogP contribution in [0.5, 0.6) is 0 Å². The molecule has 0 saturated carbocycles. The van der Waals surface area contributed by atoms with Crippen molar-refractivity contribution in [1.82, 2.24) is 9.78 Å². The van der Waals surface area contributed by atoms with E-state index >= 15 is 0 Å². The first-order chi connectivity index (χ1) is 6.72. The van der Waals surface area contributed by atoms with E-state index in [-0.39, 0.29) is 0 Å². The minimum atomic E-state index is -1.12. The van der Waals surface area contributed by atoms with Crippen LogP contribution in [-0.4, -0.2) is 20.9 Å². The Morgan fingerprint density at radius 2 is 2.50 bits per heavy atom. The van der Waals surface area contributed by atoms with Crippen molar-refractivity contribution in [1.29, 1.82) is 0 Å². The van der Waals surface area contributed by atoms with Crippen molar-refractivity contribution in [3.05, 3.63) is 18.0 Å². The van der Waals surface area contributed by atoms with Crippen molar-refractivity contribution < 1.29 is 9.90 Å². The fourth-order valence-electron chi connectivity index (χ4n) is 0.996. The van der Waals surface area contributed by atoms with Gasteiger partial charge in [0.15, 0.2) is 0 Å². The lowest BCUT2D eigenvalue weighted by Crippen LogP contribution is -1.96. The van der Waals surface area contributed by atoms with E-state index in [1.54, 1.807) is 17.1 Å². The van der Waals surface area contributed by atoms with E-state index in [0.29, 0.717) is 5.56 Å². The van der Waals surface area contributed by atoms with Gasteiger partial charge in [-0.15, -0.1) is 0 Å². The molecule has 14 heavy (non-hydrogen) atoms. The van der Waals surface area contributed by atoms with E-state index in [1.807, 2.05) is 5.92 Å². The molecule has 0 unspecified atom stereocenters. The van der Waals surface area contributed by atoms with E-state index in [0.717, 1.165) is 19.4 Å². The third-order valence-corrected chi connectivity index (χ3v) is 1.69. The van der Waals surface area contributed by atoms with Crippen molar-refractivity contribution in [3.8, 4) is 11.8 Å². The number of aliphatic carboxylic acids is 1. The predicted octanol–water partition coefficient (Wildman–Crippen LogP) is 1.12. The number of aromatic nitrogens is 2. The van der Waals surface area contributed by atoms with Gasteiger partial charge in [0.05, 0.1) is 11.8 Å². The maximum Gasteiger partial charge on any atom is 0.382 e. The summed E-state index contributed by atoms with van der Waals surface area (Å²) in [6.45, 7) is 2.96. The van der Waals surface area contributed by atoms with Gasteiger partial charge in [0.1, 0.15) is 0 Å². The molecule has 0 bridgehead atoms. The molecule has 0 amide bonds. The molecule has 0 aliphatic rings. The van der Waals surface area contributed by atoms with Gasteiger partial charge in [0.25, 0.3) is 0 Å². The molecule has 0 aliphatic carbocycles. The second kappa shape index (κ2) is 5.07.